The van der Waals surface area contributed by atoms with E-state index in [4.69, 9.17) is 0 Å². The number of hydrogen-bond acceptors (Lipinski definition) is 3. The first kappa shape index (κ1) is 9.88. The molecular weight excluding hydrogens is 216 g/mol. The van der Waals surface area contributed by atoms with Gasteiger partial charge in [0.05, 0.1) is 0 Å². The molecule has 0 spiro atoms. The van der Waals surface area contributed by atoms with Gasteiger partial charge in [-0.1, -0.05) is 18.2 Å². The molecule has 1 aromatic carbocycles. The van der Waals surface area contributed by atoms with Crippen molar-refractivity contribution < 1.29 is 8.76 Å². The predicted octanol–water partition coefficient (Wildman–Crippen LogP) is 0.734. The number of H-pyrrole nitrogens is 1. The van der Waals surface area contributed by atoms with Crippen LogP contribution in [0.5, 0.6) is 0 Å². The van der Waals surface area contributed by atoms with Crippen molar-refractivity contribution in [1.82, 2.24) is 4.98 Å². The quantitative estimate of drug-likeness (QED) is 0.736. The maximum atomic E-state index is 11.4. The minimum Gasteiger partial charge on any atom is -0.755 e. The molecular formula is C9H7N2O3S-. The Bertz CT molecular complexity index is 579. The van der Waals surface area contributed by atoms with E-state index in [1.165, 1.54) is 6.07 Å². The molecule has 2 N–H and O–H groups in total. The van der Waals surface area contributed by atoms with E-state index in [9.17, 15) is 13.6 Å². The summed E-state index contributed by atoms with van der Waals surface area (Å²) >= 11 is -2.49. The average Bonchev–Trinajstić information content (AvgIpc) is 2.18. The molecule has 0 aliphatic carbocycles. The van der Waals surface area contributed by atoms with Gasteiger partial charge in [-0.25, -0.2) is 0 Å². The smallest absolute Gasteiger partial charge is 0.272 e. The van der Waals surface area contributed by atoms with E-state index in [1.54, 1.807) is 24.3 Å². The fraction of sp³-hybridized carbons (Fsp3) is 0. The molecule has 6 heteroatoms. The first-order chi connectivity index (χ1) is 7.16. The van der Waals surface area contributed by atoms with E-state index in [1.807, 2.05) is 4.72 Å². The minimum atomic E-state index is -2.49. The highest BCUT2D eigenvalue weighted by Crippen LogP contribution is 2.12. The van der Waals surface area contributed by atoms with Gasteiger partial charge in [0.25, 0.3) is 5.56 Å². The maximum Gasteiger partial charge on any atom is 0.272 e. The molecule has 78 valence electrons. The number of rotatable bonds is 2. The maximum absolute atomic E-state index is 11.4. The number of nitrogens with one attached hydrogen (secondary N) is 2. The van der Waals surface area contributed by atoms with Crippen molar-refractivity contribution in [2.45, 2.75) is 0 Å². The van der Waals surface area contributed by atoms with Gasteiger partial charge in [-0.15, -0.1) is 0 Å². The molecule has 0 radical (unpaired) electrons. The average molecular weight is 223 g/mol. The molecule has 1 aromatic heterocycles. The Balaban J connectivity index is 2.62. The van der Waals surface area contributed by atoms with Gasteiger partial charge in [0.1, 0.15) is 5.69 Å². The van der Waals surface area contributed by atoms with E-state index in [2.05, 4.69) is 4.98 Å². The number of hydrogen-bond donors (Lipinski definition) is 2. The van der Waals surface area contributed by atoms with Crippen LogP contribution in [-0.2, 0) is 11.3 Å². The summed E-state index contributed by atoms with van der Waals surface area (Å²) in [5.41, 5.74) is 0.227. The predicted molar refractivity (Wildman–Crippen MR) is 57.1 cm³/mol. The highest BCUT2D eigenvalue weighted by molar-refractivity contribution is 7.80. The van der Waals surface area contributed by atoms with Crippen LogP contribution in [0.15, 0.2) is 35.1 Å². The Morgan fingerprint density at radius 1 is 1.33 bits per heavy atom. The molecule has 0 aliphatic rings. The highest BCUT2D eigenvalue weighted by Gasteiger charge is 2.01. The summed E-state index contributed by atoms with van der Waals surface area (Å²) in [5, 5.41) is 0.769. The Morgan fingerprint density at radius 2 is 2.07 bits per heavy atom. The van der Waals surface area contributed by atoms with Gasteiger partial charge in [-0.05, 0) is 12.1 Å². The monoisotopic (exact) mass is 223 g/mol. The van der Waals surface area contributed by atoms with Gasteiger partial charge in [0.15, 0.2) is 0 Å². The summed E-state index contributed by atoms with van der Waals surface area (Å²) in [5.74, 6) is 0. The third kappa shape index (κ3) is 2.05. The molecule has 0 fully saturated rings. The second kappa shape index (κ2) is 3.84. The largest absolute Gasteiger partial charge is 0.755 e. The summed E-state index contributed by atoms with van der Waals surface area (Å²) in [6, 6.07) is 8.61. The van der Waals surface area contributed by atoms with Gasteiger partial charge in [-0.2, -0.15) is 0 Å². The van der Waals surface area contributed by atoms with Gasteiger partial charge in [-0.3, -0.25) is 9.00 Å². The summed E-state index contributed by atoms with van der Waals surface area (Å²) in [7, 11) is 0. The molecule has 0 saturated heterocycles. The first-order valence-electron chi connectivity index (χ1n) is 4.15. The summed E-state index contributed by atoms with van der Waals surface area (Å²) in [6.45, 7) is 0. The van der Waals surface area contributed by atoms with Gasteiger partial charge in [0.2, 0.25) is 0 Å². The van der Waals surface area contributed by atoms with Crippen LogP contribution in [0.3, 0.4) is 0 Å². The van der Waals surface area contributed by atoms with Crippen LogP contribution in [0.1, 0.15) is 0 Å². The standard InChI is InChI=1S/C9H8N2O3S/c12-9-8(11-15(13)14)5-6-3-1-2-4-7(6)10-9/h1-5,11H,(H,10,12)(H,13,14)/p-1. The van der Waals surface area contributed by atoms with Crippen molar-refractivity contribution in [2.75, 3.05) is 4.72 Å². The van der Waals surface area contributed by atoms with E-state index in [0.717, 1.165) is 5.39 Å². The fourth-order valence-corrected chi connectivity index (χ4v) is 1.64. The van der Waals surface area contributed by atoms with Crippen molar-refractivity contribution in [3.63, 3.8) is 0 Å². The number of aromatic nitrogens is 1. The molecule has 1 unspecified atom stereocenters. The van der Waals surface area contributed by atoms with Crippen LogP contribution in [0.25, 0.3) is 10.9 Å². The topological polar surface area (TPSA) is 85.0 Å². The van der Waals surface area contributed by atoms with Gasteiger partial charge in [0, 0.05) is 22.2 Å². The van der Waals surface area contributed by atoms with Gasteiger partial charge >= 0.3 is 0 Å². The fourth-order valence-electron chi connectivity index (χ4n) is 1.31. The number of fused-ring (bicyclic) bond motifs is 1. The normalized spacial score (nSPS) is 12.6. The summed E-state index contributed by atoms with van der Waals surface area (Å²) < 4.78 is 22.8. The van der Waals surface area contributed by atoms with Crippen molar-refractivity contribution in [3.8, 4) is 0 Å². The zero-order valence-corrected chi connectivity index (χ0v) is 8.34. The number of anilines is 1. The number of aromatic amines is 1. The van der Waals surface area contributed by atoms with Crippen LogP contribution in [0.4, 0.5) is 5.69 Å². The van der Waals surface area contributed by atoms with E-state index in [-0.39, 0.29) is 5.69 Å². The Hall–Kier alpha value is -1.66. The van der Waals surface area contributed by atoms with Crippen molar-refractivity contribution in [2.24, 2.45) is 0 Å². The lowest BCUT2D eigenvalue weighted by Crippen LogP contribution is -2.15. The molecule has 0 saturated carbocycles. The summed E-state index contributed by atoms with van der Waals surface area (Å²) in [6.07, 6.45) is 0. The number of para-hydroxylation sites is 1. The van der Waals surface area contributed by atoms with Crippen LogP contribution in [0.2, 0.25) is 0 Å². The van der Waals surface area contributed by atoms with E-state index < -0.39 is 16.8 Å². The Morgan fingerprint density at radius 3 is 2.80 bits per heavy atom. The molecule has 1 heterocycles. The zero-order chi connectivity index (χ0) is 10.8. The molecule has 2 rings (SSSR count). The number of pyridine rings is 1. The zero-order valence-electron chi connectivity index (χ0n) is 7.52. The lowest BCUT2D eigenvalue weighted by atomic mass is 10.2. The summed E-state index contributed by atoms with van der Waals surface area (Å²) in [4.78, 5) is 13.9. The van der Waals surface area contributed by atoms with Crippen molar-refractivity contribution in [1.29, 1.82) is 0 Å². The molecule has 0 bridgehead atoms. The molecule has 2 aromatic rings. The van der Waals surface area contributed by atoms with Crippen LogP contribution < -0.4 is 10.3 Å². The molecule has 15 heavy (non-hydrogen) atoms. The van der Waals surface area contributed by atoms with E-state index >= 15 is 0 Å². The lowest BCUT2D eigenvalue weighted by Gasteiger charge is -2.08. The van der Waals surface area contributed by atoms with E-state index in [0.29, 0.717) is 5.52 Å². The Kier molecular flexibility index (Phi) is 2.53. The SMILES string of the molecule is O=c1[nH]c2ccccc2cc1NS(=O)[O-]. The second-order valence-corrected chi connectivity index (χ2v) is 3.61. The molecule has 5 nitrogen and oxygen atoms in total. The first-order valence-corrected chi connectivity index (χ1v) is 5.22. The van der Waals surface area contributed by atoms with Crippen molar-refractivity contribution in [3.05, 3.63) is 40.7 Å². The Labute approximate surface area is 87.6 Å². The lowest BCUT2D eigenvalue weighted by molar-refractivity contribution is 0.542. The van der Waals surface area contributed by atoms with Crippen molar-refractivity contribution >= 4 is 27.9 Å². The molecule has 0 amide bonds. The second-order valence-electron chi connectivity index (χ2n) is 2.94. The van der Waals surface area contributed by atoms with Crippen LogP contribution in [-0.4, -0.2) is 13.7 Å². The number of benzene rings is 1. The third-order valence-corrected chi connectivity index (χ3v) is 2.33. The minimum absolute atomic E-state index is 0.0158. The molecule has 1 atom stereocenters. The molecule has 0 aliphatic heterocycles. The van der Waals surface area contributed by atoms with Crippen LogP contribution >= 0.6 is 0 Å². The third-order valence-electron chi connectivity index (χ3n) is 1.95. The van der Waals surface area contributed by atoms with Gasteiger partial charge < -0.3 is 14.3 Å². The van der Waals surface area contributed by atoms with Crippen LogP contribution in [0, 0.1) is 0 Å². The highest BCUT2D eigenvalue weighted by atomic mass is 32.2.